The number of aryl methyl sites for hydroxylation is 1. The quantitative estimate of drug-likeness (QED) is 0.0816. The third kappa shape index (κ3) is 10.9. The first kappa shape index (κ1) is 40.5. The van der Waals surface area contributed by atoms with Crippen LogP contribution in [0, 0.1) is 19.8 Å². The number of benzene rings is 2. The van der Waals surface area contributed by atoms with Gasteiger partial charge >= 0.3 is 11.9 Å². The summed E-state index contributed by atoms with van der Waals surface area (Å²) in [7, 11) is 2.92. The van der Waals surface area contributed by atoms with Gasteiger partial charge in [-0.05, 0) is 72.2 Å². The van der Waals surface area contributed by atoms with Crippen LogP contribution in [0.1, 0.15) is 52.6 Å². The molecule has 4 rings (SSSR count). The van der Waals surface area contributed by atoms with Crippen molar-refractivity contribution < 1.29 is 48.3 Å². The summed E-state index contributed by atoms with van der Waals surface area (Å²) in [5, 5.41) is 21.6. The molecule has 2 aromatic heterocycles. The Morgan fingerprint density at radius 3 is 1.65 bits per heavy atom. The van der Waals surface area contributed by atoms with Gasteiger partial charge in [-0.2, -0.15) is 9.97 Å². The van der Waals surface area contributed by atoms with Crippen molar-refractivity contribution in [2.45, 2.75) is 65.3 Å². The molecule has 0 saturated heterocycles. The van der Waals surface area contributed by atoms with Gasteiger partial charge in [-0.3, -0.25) is 24.5 Å². The summed E-state index contributed by atoms with van der Waals surface area (Å²) >= 11 is 0. The fourth-order valence-corrected chi connectivity index (χ4v) is 5.88. The van der Waals surface area contributed by atoms with E-state index in [-0.39, 0.29) is 44.9 Å². The summed E-state index contributed by atoms with van der Waals surface area (Å²) in [6, 6.07) is 17.7. The van der Waals surface area contributed by atoms with Crippen LogP contribution in [-0.4, -0.2) is 64.2 Å². The highest BCUT2D eigenvalue weighted by Crippen LogP contribution is 2.32. The summed E-state index contributed by atoms with van der Waals surface area (Å²) in [5.74, 6) is -3.37. The molecule has 15 heteroatoms. The number of rotatable bonds is 21. The van der Waals surface area contributed by atoms with Crippen LogP contribution in [0.15, 0.2) is 60.7 Å². The molecule has 0 saturated carbocycles. The largest absolute Gasteiger partial charge is 0.481 e. The maximum atomic E-state index is 11.5. The predicted octanol–water partition coefficient (Wildman–Crippen LogP) is 3.86. The van der Waals surface area contributed by atoms with Crippen LogP contribution in [-0.2, 0) is 45.4 Å². The average molecular weight is 744 g/mol. The molecule has 7 N–H and O–H groups in total. The normalized spacial score (nSPS) is 12.0. The zero-order valence-corrected chi connectivity index (χ0v) is 30.6. The number of aliphatic carboxylic acids is 2. The van der Waals surface area contributed by atoms with Crippen molar-refractivity contribution in [3.8, 4) is 34.6 Å². The van der Waals surface area contributed by atoms with E-state index in [9.17, 15) is 29.4 Å². The molecule has 0 unspecified atom stereocenters. The lowest BCUT2D eigenvalue weighted by Crippen LogP contribution is -2.39. The molecule has 15 nitrogen and oxygen atoms in total. The Hall–Kier alpha value is -6.22. The zero-order valence-electron chi connectivity index (χ0n) is 30.6. The van der Waals surface area contributed by atoms with Crippen molar-refractivity contribution in [1.29, 1.82) is 0 Å². The highest BCUT2D eigenvalue weighted by Gasteiger charge is 2.22. The zero-order chi connectivity index (χ0) is 39.4. The molecule has 0 spiro atoms. The first-order chi connectivity index (χ1) is 25.8. The molecule has 286 valence electrons. The van der Waals surface area contributed by atoms with Crippen molar-refractivity contribution in [2.75, 3.05) is 14.2 Å². The van der Waals surface area contributed by atoms with Gasteiger partial charge in [0, 0.05) is 36.2 Å². The lowest BCUT2D eigenvalue weighted by molar-refractivity contribution is -0.144. The van der Waals surface area contributed by atoms with Gasteiger partial charge in [0.25, 0.3) is 0 Å². The number of methoxy groups -OCH3 is 2. The topological polar surface area (TPSA) is 236 Å². The Kier molecular flexibility index (Phi) is 14.3. The van der Waals surface area contributed by atoms with E-state index in [4.69, 9.17) is 30.4 Å². The lowest BCUT2D eigenvalue weighted by Gasteiger charge is -2.17. The van der Waals surface area contributed by atoms with Gasteiger partial charge < -0.3 is 40.6 Å². The number of ether oxygens (including phenoxy) is 4. The number of aromatic nitrogens is 2. The van der Waals surface area contributed by atoms with Crippen LogP contribution in [0.3, 0.4) is 0 Å². The molecule has 0 aliphatic rings. The molecule has 0 aliphatic carbocycles. The van der Waals surface area contributed by atoms with Gasteiger partial charge in [0.2, 0.25) is 35.3 Å². The van der Waals surface area contributed by atoms with E-state index in [1.165, 1.54) is 14.2 Å². The standard InChI is InChI=1S/C39H45N5O10/c1-22-27(20-53-34-15-13-24(36(43-34)51-3)11-12-25(38(47)48)17-32(40)45)7-5-9-29(22)30-10-6-8-28(23(30)2)21-54-35-16-14-26(37(44-35)52-4)19-42-31(39(49)50)18-33(41)46/h5-10,13-16,25,31,42H,11-12,17-21H2,1-4H3,(H2,40,45)(H2,41,46)(H,47,48)(H,49,50)/t25-,31-/m0/s1. The Labute approximate surface area is 312 Å². The smallest absolute Gasteiger partial charge is 0.321 e. The number of nitrogens with one attached hydrogen (secondary N) is 1. The summed E-state index contributed by atoms with van der Waals surface area (Å²) in [4.78, 5) is 54.4. The van der Waals surface area contributed by atoms with E-state index < -0.39 is 35.7 Å². The fourth-order valence-electron chi connectivity index (χ4n) is 5.88. The molecule has 0 bridgehead atoms. The molecule has 2 heterocycles. The number of nitrogens with two attached hydrogens (primary N) is 2. The monoisotopic (exact) mass is 743 g/mol. The number of pyridine rings is 2. The van der Waals surface area contributed by atoms with Crippen molar-refractivity contribution in [3.05, 3.63) is 94.0 Å². The number of hydrogen-bond acceptors (Lipinski definition) is 11. The second-order valence-corrected chi connectivity index (χ2v) is 12.6. The van der Waals surface area contributed by atoms with Gasteiger partial charge in [0.1, 0.15) is 19.3 Å². The van der Waals surface area contributed by atoms with Crippen LogP contribution < -0.4 is 35.7 Å². The molecular formula is C39H45N5O10. The van der Waals surface area contributed by atoms with E-state index in [1.807, 2.05) is 50.2 Å². The molecule has 54 heavy (non-hydrogen) atoms. The molecule has 2 atom stereocenters. The second-order valence-electron chi connectivity index (χ2n) is 12.6. The highest BCUT2D eigenvalue weighted by atomic mass is 16.5. The van der Waals surface area contributed by atoms with Gasteiger partial charge in [-0.1, -0.05) is 36.4 Å². The average Bonchev–Trinajstić information content (AvgIpc) is 3.14. The SMILES string of the molecule is COc1nc(OCc2cccc(-c3cccc(COc4ccc(CN[C@@H](CC(N)=O)C(=O)O)c(OC)n4)c3C)c2C)ccc1CC[C@@H](CC(N)=O)C(=O)O. The van der Waals surface area contributed by atoms with Crippen molar-refractivity contribution >= 4 is 23.8 Å². The van der Waals surface area contributed by atoms with Crippen molar-refractivity contribution in [3.63, 3.8) is 0 Å². The minimum absolute atomic E-state index is 0.0830. The van der Waals surface area contributed by atoms with Crippen LogP contribution in [0.25, 0.3) is 11.1 Å². The Bertz CT molecular complexity index is 1840. The molecule has 2 aromatic carbocycles. The Morgan fingerprint density at radius 2 is 1.19 bits per heavy atom. The third-order valence-corrected chi connectivity index (χ3v) is 8.95. The first-order valence-corrected chi connectivity index (χ1v) is 17.1. The van der Waals surface area contributed by atoms with Gasteiger partial charge in [0.15, 0.2) is 0 Å². The van der Waals surface area contributed by atoms with Crippen molar-refractivity contribution in [1.82, 2.24) is 15.3 Å². The molecule has 4 aromatic rings. The minimum atomic E-state index is -1.19. The Balaban J connectivity index is 1.43. The number of carbonyl (C=O) groups excluding carboxylic acids is 2. The predicted molar refractivity (Wildman–Crippen MR) is 197 cm³/mol. The molecule has 0 fully saturated rings. The van der Waals surface area contributed by atoms with Crippen LogP contribution in [0.2, 0.25) is 0 Å². The second kappa shape index (κ2) is 19.0. The maximum Gasteiger partial charge on any atom is 0.321 e. The number of carboxylic acid groups (broad SMARTS) is 2. The number of carboxylic acids is 2. The summed E-state index contributed by atoms with van der Waals surface area (Å²) < 4.78 is 23.0. The third-order valence-electron chi connectivity index (χ3n) is 8.95. The number of amides is 2. The van der Waals surface area contributed by atoms with Crippen LogP contribution >= 0.6 is 0 Å². The number of nitrogens with zero attached hydrogens (tertiary/aromatic N) is 2. The molecule has 0 radical (unpaired) electrons. The fraction of sp³-hybridized carbons (Fsp3) is 0.333. The van der Waals surface area contributed by atoms with Gasteiger partial charge in [0.05, 0.1) is 26.6 Å². The van der Waals surface area contributed by atoms with E-state index in [2.05, 4.69) is 15.3 Å². The summed E-state index contributed by atoms with van der Waals surface area (Å²) in [6.45, 7) is 4.59. The number of primary amides is 2. The van der Waals surface area contributed by atoms with Gasteiger partial charge in [-0.15, -0.1) is 0 Å². The minimum Gasteiger partial charge on any atom is -0.481 e. The Morgan fingerprint density at radius 1 is 0.685 bits per heavy atom. The maximum absolute atomic E-state index is 11.5. The highest BCUT2D eigenvalue weighted by molar-refractivity contribution is 5.83. The molecular weight excluding hydrogens is 698 g/mol. The van der Waals surface area contributed by atoms with Crippen molar-refractivity contribution in [2.24, 2.45) is 17.4 Å². The van der Waals surface area contributed by atoms with E-state index in [0.29, 0.717) is 35.2 Å². The van der Waals surface area contributed by atoms with E-state index in [0.717, 1.165) is 33.4 Å². The van der Waals surface area contributed by atoms with Crippen LogP contribution in [0.4, 0.5) is 0 Å². The number of carbonyl (C=O) groups is 4. The molecule has 0 aliphatic heterocycles. The summed E-state index contributed by atoms with van der Waals surface area (Å²) in [6.07, 6.45) is -0.0673. The molecule has 2 amide bonds. The van der Waals surface area contributed by atoms with E-state index >= 15 is 0 Å². The van der Waals surface area contributed by atoms with Crippen LogP contribution in [0.5, 0.6) is 23.5 Å². The van der Waals surface area contributed by atoms with E-state index in [1.54, 1.807) is 24.3 Å². The lowest BCUT2D eigenvalue weighted by atomic mass is 9.92. The van der Waals surface area contributed by atoms with Gasteiger partial charge in [-0.25, -0.2) is 0 Å². The first-order valence-electron chi connectivity index (χ1n) is 17.1. The summed E-state index contributed by atoms with van der Waals surface area (Å²) in [5.41, 5.74) is 17.6. The number of hydrogen-bond donors (Lipinski definition) is 5.